The van der Waals surface area contributed by atoms with Crippen molar-refractivity contribution in [3.63, 3.8) is 0 Å². The Hall–Kier alpha value is -2.32. The number of aliphatic imine (C=N–C) groups is 3. The summed E-state index contributed by atoms with van der Waals surface area (Å²) in [6.45, 7) is 13.5. The predicted molar refractivity (Wildman–Crippen MR) is 155 cm³/mol. The quantitative estimate of drug-likeness (QED) is 0.180. The van der Waals surface area contributed by atoms with Crippen LogP contribution in [0.1, 0.15) is 52.7 Å². The van der Waals surface area contributed by atoms with Gasteiger partial charge in [0.15, 0.2) is 0 Å². The molecule has 7 nitrogen and oxygen atoms in total. The molecule has 0 amide bonds. The molecular weight excluding hydrogens is 474 g/mol. The van der Waals surface area contributed by atoms with E-state index in [2.05, 4.69) is 39.3 Å². The van der Waals surface area contributed by atoms with E-state index in [-0.39, 0.29) is 12.2 Å². The number of β-amino-alcohol motifs (C(OH)–C–C–N with tert-alkyl or cyclic N) is 1. The maximum absolute atomic E-state index is 10.2. The third kappa shape index (κ3) is 10.3. The number of ether oxygens (including phenoxy) is 1. The van der Waals surface area contributed by atoms with E-state index in [9.17, 15) is 5.11 Å². The third-order valence-electron chi connectivity index (χ3n) is 5.53. The normalized spacial score (nSPS) is 18.2. The van der Waals surface area contributed by atoms with E-state index in [0.717, 1.165) is 23.5 Å². The Bertz CT molecular complexity index is 920. The van der Waals surface area contributed by atoms with E-state index in [1.165, 1.54) is 5.56 Å². The lowest BCUT2D eigenvalue weighted by Gasteiger charge is -2.47. The zero-order valence-corrected chi connectivity index (χ0v) is 23.7. The molecule has 2 rings (SSSR count). The molecule has 0 aromatic heterocycles. The van der Waals surface area contributed by atoms with Crippen LogP contribution in [0, 0.1) is 0 Å². The first kappa shape index (κ1) is 31.7. The van der Waals surface area contributed by atoms with Gasteiger partial charge in [0.05, 0.1) is 12.6 Å². The van der Waals surface area contributed by atoms with Gasteiger partial charge in [0, 0.05) is 43.6 Å². The van der Waals surface area contributed by atoms with Crippen LogP contribution in [0.3, 0.4) is 0 Å². The second-order valence-corrected chi connectivity index (χ2v) is 8.72. The highest BCUT2D eigenvalue weighted by Crippen LogP contribution is 2.23. The lowest BCUT2D eigenvalue weighted by atomic mass is 9.95. The van der Waals surface area contributed by atoms with Crippen molar-refractivity contribution < 1.29 is 9.84 Å². The number of alkyl halides is 1. The number of rotatable bonds is 12. The minimum Gasteiger partial charge on any atom is -0.385 e. The van der Waals surface area contributed by atoms with Gasteiger partial charge in [0.1, 0.15) is 23.9 Å². The summed E-state index contributed by atoms with van der Waals surface area (Å²) in [7, 11) is 1.60. The SMILES string of the molecule is C/C=C(\C=C/CCl)NC(=NC(C)C=N/C=N\C(C)N1CC(O)(COC)C1)c1ccccc1CC.CC. The largest absolute Gasteiger partial charge is 0.385 e. The van der Waals surface area contributed by atoms with Gasteiger partial charge < -0.3 is 15.2 Å². The van der Waals surface area contributed by atoms with Crippen molar-refractivity contribution in [2.24, 2.45) is 15.0 Å². The topological polar surface area (TPSA) is 81.8 Å². The average molecular weight is 518 g/mol. The van der Waals surface area contributed by atoms with Crippen molar-refractivity contribution in [1.82, 2.24) is 10.2 Å². The van der Waals surface area contributed by atoms with E-state index in [1.807, 2.05) is 65.0 Å². The number of aliphatic hydroxyl groups is 1. The first-order valence-electron chi connectivity index (χ1n) is 12.7. The van der Waals surface area contributed by atoms with Crippen LogP contribution >= 0.6 is 11.6 Å². The highest BCUT2D eigenvalue weighted by atomic mass is 35.5. The fourth-order valence-electron chi connectivity index (χ4n) is 3.71. The van der Waals surface area contributed by atoms with Crippen LogP contribution in [-0.2, 0) is 11.2 Å². The molecule has 0 radical (unpaired) electrons. The standard InChI is InChI=1S/C26H38ClN5O2.C2H6/c1-6-22-11-8-9-13-24(22)25(31-23(7-2)12-10-14-27)30-20(3)15-28-19-29-21(4)32-16-26(33,17-32)18-34-5;1-2/h7-13,15,19-21,33H,6,14,16-18H2,1-5H3,(H,30,31);1-2H3/b12-10-,23-7+,28-15?,29-19-;. The van der Waals surface area contributed by atoms with Crippen molar-refractivity contribution in [3.05, 3.63) is 59.3 Å². The third-order valence-corrected chi connectivity index (χ3v) is 5.71. The van der Waals surface area contributed by atoms with Gasteiger partial charge in [-0.2, -0.15) is 0 Å². The van der Waals surface area contributed by atoms with Crippen molar-refractivity contribution in [1.29, 1.82) is 0 Å². The molecule has 8 heteroatoms. The van der Waals surface area contributed by atoms with E-state index in [0.29, 0.717) is 25.6 Å². The van der Waals surface area contributed by atoms with Crippen molar-refractivity contribution in [3.8, 4) is 0 Å². The van der Waals surface area contributed by atoms with Crippen LogP contribution in [-0.4, -0.2) is 78.9 Å². The minimum atomic E-state index is -0.770. The number of benzene rings is 1. The highest BCUT2D eigenvalue weighted by molar-refractivity contribution is 6.18. The monoisotopic (exact) mass is 517 g/mol. The van der Waals surface area contributed by atoms with E-state index < -0.39 is 5.60 Å². The number of halogens is 1. The Labute approximate surface area is 222 Å². The maximum Gasteiger partial charge on any atom is 0.133 e. The molecule has 36 heavy (non-hydrogen) atoms. The predicted octanol–water partition coefficient (Wildman–Crippen LogP) is 4.84. The van der Waals surface area contributed by atoms with Crippen molar-refractivity contribution in [2.45, 2.75) is 65.8 Å². The summed E-state index contributed by atoms with van der Waals surface area (Å²) in [5.41, 5.74) is 2.43. The average Bonchev–Trinajstić information content (AvgIpc) is 2.88. The number of nitrogens with zero attached hydrogens (tertiary/aromatic N) is 4. The van der Waals surface area contributed by atoms with Crippen LogP contribution in [0.2, 0.25) is 0 Å². The molecular formula is C28H44ClN5O2. The number of nitrogens with one attached hydrogen (secondary N) is 1. The fraction of sp³-hybridized carbons (Fsp3) is 0.536. The Morgan fingerprint density at radius 3 is 2.58 bits per heavy atom. The summed E-state index contributed by atoms with van der Waals surface area (Å²) in [5, 5.41) is 13.7. The molecule has 1 aromatic carbocycles. The highest BCUT2D eigenvalue weighted by Gasteiger charge is 2.43. The summed E-state index contributed by atoms with van der Waals surface area (Å²) in [4.78, 5) is 15.8. The molecule has 2 atom stereocenters. The second-order valence-electron chi connectivity index (χ2n) is 8.41. The van der Waals surface area contributed by atoms with Gasteiger partial charge in [-0.25, -0.2) is 4.99 Å². The van der Waals surface area contributed by atoms with Crippen LogP contribution in [0.25, 0.3) is 0 Å². The second kappa shape index (κ2) is 17.2. The molecule has 1 heterocycles. The summed E-state index contributed by atoms with van der Waals surface area (Å²) in [5.74, 6) is 1.23. The van der Waals surface area contributed by atoms with Crippen LogP contribution in [0.4, 0.5) is 0 Å². The number of methoxy groups -OCH3 is 1. The van der Waals surface area contributed by atoms with Crippen LogP contribution in [0.5, 0.6) is 0 Å². The molecule has 1 aliphatic rings. The molecule has 1 saturated heterocycles. The van der Waals surface area contributed by atoms with Crippen LogP contribution < -0.4 is 5.32 Å². The smallest absolute Gasteiger partial charge is 0.133 e. The summed E-state index contributed by atoms with van der Waals surface area (Å²) >= 11 is 5.82. The number of hydrogen-bond donors (Lipinski definition) is 2. The minimum absolute atomic E-state index is 0.0623. The number of hydrogen-bond acceptors (Lipinski definition) is 5. The molecule has 1 aliphatic heterocycles. The van der Waals surface area contributed by atoms with E-state index >= 15 is 0 Å². The number of likely N-dealkylation sites (tertiary alicyclic amines) is 1. The first-order valence-corrected chi connectivity index (χ1v) is 13.2. The van der Waals surface area contributed by atoms with Crippen molar-refractivity contribution in [2.75, 3.05) is 32.7 Å². The Kier molecular flexibility index (Phi) is 15.1. The van der Waals surface area contributed by atoms with Crippen molar-refractivity contribution >= 4 is 30.0 Å². The molecule has 2 unspecified atom stereocenters. The van der Waals surface area contributed by atoms with Gasteiger partial charge in [-0.15, -0.1) is 11.6 Å². The van der Waals surface area contributed by atoms with Gasteiger partial charge in [-0.1, -0.05) is 57.2 Å². The molecule has 200 valence electrons. The zero-order valence-electron chi connectivity index (χ0n) is 22.9. The summed E-state index contributed by atoms with van der Waals surface area (Å²) in [6.07, 6.45) is 10.0. The maximum atomic E-state index is 10.2. The molecule has 0 bridgehead atoms. The molecule has 0 saturated carbocycles. The number of aryl methyl sites for hydroxylation is 1. The molecule has 0 aliphatic carbocycles. The lowest BCUT2D eigenvalue weighted by Crippen LogP contribution is -2.65. The Balaban J connectivity index is 0.00000316. The number of amidine groups is 1. The van der Waals surface area contributed by atoms with E-state index in [1.54, 1.807) is 19.7 Å². The summed E-state index contributed by atoms with van der Waals surface area (Å²) < 4.78 is 5.06. The molecule has 1 fully saturated rings. The first-order chi connectivity index (χ1) is 17.4. The fourth-order valence-corrected chi connectivity index (χ4v) is 3.80. The molecule has 2 N–H and O–H groups in total. The number of allylic oxidation sites excluding steroid dienone is 3. The Morgan fingerprint density at radius 1 is 1.28 bits per heavy atom. The van der Waals surface area contributed by atoms with Gasteiger partial charge >= 0.3 is 0 Å². The van der Waals surface area contributed by atoms with Crippen LogP contribution in [0.15, 0.2) is 63.2 Å². The van der Waals surface area contributed by atoms with Gasteiger partial charge in [-0.3, -0.25) is 14.9 Å². The zero-order chi connectivity index (χ0) is 27.0. The van der Waals surface area contributed by atoms with E-state index in [4.69, 9.17) is 21.3 Å². The Morgan fingerprint density at radius 2 is 1.97 bits per heavy atom. The lowest BCUT2D eigenvalue weighted by molar-refractivity contribution is -0.143. The van der Waals surface area contributed by atoms with Gasteiger partial charge in [0.2, 0.25) is 0 Å². The summed E-state index contributed by atoms with van der Waals surface area (Å²) in [6, 6.07) is 8.09. The molecule has 1 aromatic rings. The van der Waals surface area contributed by atoms with Gasteiger partial charge in [0.25, 0.3) is 0 Å². The molecule has 0 spiro atoms. The van der Waals surface area contributed by atoms with Gasteiger partial charge in [-0.05, 0) is 38.8 Å².